The zero-order valence-corrected chi connectivity index (χ0v) is 13.9. The molecule has 23 heavy (non-hydrogen) atoms. The van der Waals surface area contributed by atoms with Gasteiger partial charge in [-0.2, -0.15) is 5.10 Å². The quantitative estimate of drug-likeness (QED) is 0.784. The van der Waals surface area contributed by atoms with E-state index in [1.165, 1.54) is 11.3 Å². The van der Waals surface area contributed by atoms with Gasteiger partial charge in [0.25, 0.3) is 0 Å². The maximum absolute atomic E-state index is 12.0. The number of hydrogen-bond acceptors (Lipinski definition) is 4. The standard InChI is InChI=1S/C17H18N4OS/c1-12-8-13(2)21(20-12)17-19-15(11-23-17)9-16(22)18-10-14-6-4-3-5-7-14/h3-8,11H,9-10H2,1-2H3,(H,18,22). The summed E-state index contributed by atoms with van der Waals surface area (Å²) in [5.41, 5.74) is 3.85. The van der Waals surface area contributed by atoms with Gasteiger partial charge in [0, 0.05) is 17.6 Å². The summed E-state index contributed by atoms with van der Waals surface area (Å²) < 4.78 is 1.81. The molecule has 118 valence electrons. The van der Waals surface area contributed by atoms with Gasteiger partial charge in [-0.05, 0) is 25.5 Å². The highest BCUT2D eigenvalue weighted by Gasteiger charge is 2.11. The molecule has 0 spiro atoms. The zero-order valence-electron chi connectivity index (χ0n) is 13.1. The Hall–Kier alpha value is -2.47. The Morgan fingerprint density at radius 3 is 2.74 bits per heavy atom. The lowest BCUT2D eigenvalue weighted by atomic mass is 10.2. The Morgan fingerprint density at radius 1 is 1.26 bits per heavy atom. The number of benzene rings is 1. The molecular weight excluding hydrogens is 308 g/mol. The first-order valence-electron chi connectivity index (χ1n) is 7.40. The lowest BCUT2D eigenvalue weighted by molar-refractivity contribution is -0.120. The van der Waals surface area contributed by atoms with Crippen molar-refractivity contribution in [1.29, 1.82) is 0 Å². The third kappa shape index (κ3) is 3.84. The Bertz CT molecular complexity index is 807. The Labute approximate surface area is 139 Å². The first kappa shape index (κ1) is 15.4. The lowest BCUT2D eigenvalue weighted by Crippen LogP contribution is -2.24. The van der Waals surface area contributed by atoms with Crippen LogP contribution in [0.25, 0.3) is 5.13 Å². The van der Waals surface area contributed by atoms with E-state index >= 15 is 0 Å². The van der Waals surface area contributed by atoms with Crippen molar-refractivity contribution in [2.45, 2.75) is 26.8 Å². The molecule has 0 saturated carbocycles. The van der Waals surface area contributed by atoms with E-state index in [0.717, 1.165) is 27.8 Å². The summed E-state index contributed by atoms with van der Waals surface area (Å²) in [6, 6.07) is 11.9. The van der Waals surface area contributed by atoms with Crippen LogP contribution in [0.4, 0.5) is 0 Å². The molecule has 1 N–H and O–H groups in total. The van der Waals surface area contributed by atoms with Crippen molar-refractivity contribution in [3.8, 4) is 5.13 Å². The van der Waals surface area contributed by atoms with Crippen LogP contribution in [-0.2, 0) is 17.8 Å². The molecule has 1 aromatic carbocycles. The van der Waals surface area contributed by atoms with E-state index in [-0.39, 0.29) is 12.3 Å². The van der Waals surface area contributed by atoms with Gasteiger partial charge in [0.15, 0.2) is 0 Å². The van der Waals surface area contributed by atoms with E-state index in [9.17, 15) is 4.79 Å². The Kier molecular flexibility index (Phi) is 4.52. The topological polar surface area (TPSA) is 59.8 Å². The summed E-state index contributed by atoms with van der Waals surface area (Å²) in [4.78, 5) is 16.5. The van der Waals surface area contributed by atoms with Crippen LogP contribution in [0.2, 0.25) is 0 Å². The van der Waals surface area contributed by atoms with Gasteiger partial charge in [0.2, 0.25) is 11.0 Å². The van der Waals surface area contributed by atoms with E-state index in [0.29, 0.717) is 6.54 Å². The van der Waals surface area contributed by atoms with E-state index in [1.54, 1.807) is 0 Å². The second kappa shape index (κ2) is 6.75. The predicted octanol–water partition coefficient (Wildman–Crippen LogP) is 2.80. The van der Waals surface area contributed by atoms with Gasteiger partial charge in [-0.1, -0.05) is 30.3 Å². The van der Waals surface area contributed by atoms with Crippen molar-refractivity contribution in [2.24, 2.45) is 0 Å². The molecule has 0 radical (unpaired) electrons. The molecule has 0 aliphatic carbocycles. The number of carbonyl (C=O) groups excluding carboxylic acids is 1. The van der Waals surface area contributed by atoms with Gasteiger partial charge < -0.3 is 5.32 Å². The van der Waals surface area contributed by atoms with Crippen LogP contribution in [0.5, 0.6) is 0 Å². The average molecular weight is 326 g/mol. The summed E-state index contributed by atoms with van der Waals surface area (Å²) in [5.74, 6) is -0.0286. The number of nitrogens with one attached hydrogen (secondary N) is 1. The minimum absolute atomic E-state index is 0.0286. The van der Waals surface area contributed by atoms with Crippen LogP contribution in [0.1, 0.15) is 22.6 Å². The maximum Gasteiger partial charge on any atom is 0.226 e. The van der Waals surface area contributed by atoms with Gasteiger partial charge in [0.1, 0.15) is 0 Å². The van der Waals surface area contributed by atoms with E-state index < -0.39 is 0 Å². The van der Waals surface area contributed by atoms with Crippen molar-refractivity contribution in [3.05, 3.63) is 64.4 Å². The largest absolute Gasteiger partial charge is 0.352 e. The summed E-state index contributed by atoms with van der Waals surface area (Å²) >= 11 is 1.50. The number of aromatic nitrogens is 3. The molecule has 0 saturated heterocycles. The Morgan fingerprint density at radius 2 is 2.04 bits per heavy atom. The number of amides is 1. The summed E-state index contributed by atoms with van der Waals surface area (Å²) in [7, 11) is 0. The number of hydrogen-bond donors (Lipinski definition) is 1. The molecule has 0 bridgehead atoms. The fraction of sp³-hybridized carbons (Fsp3) is 0.235. The minimum atomic E-state index is -0.0286. The molecule has 3 aromatic rings. The third-order valence-electron chi connectivity index (χ3n) is 3.40. The average Bonchev–Trinajstić information content (AvgIpc) is 3.12. The van der Waals surface area contributed by atoms with Crippen molar-refractivity contribution in [1.82, 2.24) is 20.1 Å². The first-order valence-corrected chi connectivity index (χ1v) is 8.28. The van der Waals surface area contributed by atoms with Crippen LogP contribution in [0, 0.1) is 13.8 Å². The molecule has 0 atom stereocenters. The summed E-state index contributed by atoms with van der Waals surface area (Å²) in [5, 5.41) is 10.0. The summed E-state index contributed by atoms with van der Waals surface area (Å²) in [6.45, 7) is 4.48. The summed E-state index contributed by atoms with van der Waals surface area (Å²) in [6.07, 6.45) is 0.280. The van der Waals surface area contributed by atoms with Gasteiger partial charge in [-0.15, -0.1) is 11.3 Å². The van der Waals surface area contributed by atoms with Crippen molar-refractivity contribution in [2.75, 3.05) is 0 Å². The molecule has 6 heteroatoms. The van der Waals surface area contributed by atoms with Crippen LogP contribution >= 0.6 is 11.3 Å². The highest BCUT2D eigenvalue weighted by molar-refractivity contribution is 7.12. The maximum atomic E-state index is 12.0. The molecule has 0 unspecified atom stereocenters. The first-order chi connectivity index (χ1) is 11.1. The SMILES string of the molecule is Cc1cc(C)n(-c2nc(CC(=O)NCc3ccccc3)cs2)n1. The zero-order chi connectivity index (χ0) is 16.2. The smallest absolute Gasteiger partial charge is 0.226 e. The van der Waals surface area contributed by atoms with Gasteiger partial charge in [-0.3, -0.25) is 4.79 Å². The molecule has 0 fully saturated rings. The van der Waals surface area contributed by atoms with Crippen LogP contribution in [-0.4, -0.2) is 20.7 Å². The number of nitrogens with zero attached hydrogens (tertiary/aromatic N) is 3. The molecule has 2 heterocycles. The number of aryl methyl sites for hydroxylation is 2. The monoisotopic (exact) mass is 326 g/mol. The number of carbonyl (C=O) groups is 1. The lowest BCUT2D eigenvalue weighted by Gasteiger charge is -2.04. The van der Waals surface area contributed by atoms with Crippen molar-refractivity contribution in [3.63, 3.8) is 0 Å². The molecule has 0 aliphatic heterocycles. The van der Waals surface area contributed by atoms with Crippen LogP contribution in [0.15, 0.2) is 41.8 Å². The predicted molar refractivity (Wildman–Crippen MR) is 90.7 cm³/mol. The highest BCUT2D eigenvalue weighted by atomic mass is 32.1. The minimum Gasteiger partial charge on any atom is -0.352 e. The van der Waals surface area contributed by atoms with Crippen molar-refractivity contribution < 1.29 is 4.79 Å². The van der Waals surface area contributed by atoms with E-state index in [1.807, 2.05) is 60.3 Å². The van der Waals surface area contributed by atoms with E-state index in [2.05, 4.69) is 15.4 Å². The molecule has 5 nitrogen and oxygen atoms in total. The number of rotatable bonds is 5. The van der Waals surface area contributed by atoms with Crippen LogP contribution < -0.4 is 5.32 Å². The molecule has 1 amide bonds. The van der Waals surface area contributed by atoms with Gasteiger partial charge in [0.05, 0.1) is 17.8 Å². The molecule has 2 aromatic heterocycles. The number of thiazole rings is 1. The highest BCUT2D eigenvalue weighted by Crippen LogP contribution is 2.17. The van der Waals surface area contributed by atoms with E-state index in [4.69, 9.17) is 0 Å². The van der Waals surface area contributed by atoms with Gasteiger partial charge in [-0.25, -0.2) is 9.67 Å². The molecule has 0 aliphatic rings. The molecule has 3 rings (SSSR count). The second-order valence-corrected chi connectivity index (χ2v) is 6.24. The Balaban J connectivity index is 1.60. The van der Waals surface area contributed by atoms with Crippen LogP contribution in [0.3, 0.4) is 0 Å². The fourth-order valence-corrected chi connectivity index (χ4v) is 3.15. The normalized spacial score (nSPS) is 10.7. The third-order valence-corrected chi connectivity index (χ3v) is 4.27. The molecular formula is C17H18N4OS. The van der Waals surface area contributed by atoms with Gasteiger partial charge >= 0.3 is 0 Å². The fourth-order valence-electron chi connectivity index (χ4n) is 2.32. The van der Waals surface area contributed by atoms with Crippen molar-refractivity contribution >= 4 is 17.2 Å². The second-order valence-electron chi connectivity index (χ2n) is 5.40.